The first-order valence-corrected chi connectivity index (χ1v) is 11.5. The molecular formula is C18H32N2O3S. The summed E-state index contributed by atoms with van der Waals surface area (Å²) in [6.07, 6.45) is 10.2. The Morgan fingerprint density at radius 2 is 1.71 bits per heavy atom. The minimum absolute atomic E-state index is 0.0205. The van der Waals surface area contributed by atoms with Crippen LogP contribution in [0.4, 0.5) is 0 Å². The largest absolute Gasteiger partial charge is 0.381 e. The summed E-state index contributed by atoms with van der Waals surface area (Å²) in [5.41, 5.74) is 0.0698. The fourth-order valence-electron chi connectivity index (χ4n) is 5.76. The molecule has 0 amide bonds. The SMILES string of the molecule is O=S(=O)(CC12CCC(CC1)C2)NCC1(N2CCCC2)CCOCC1. The lowest BCUT2D eigenvalue weighted by Crippen LogP contribution is -2.57. The van der Waals surface area contributed by atoms with Gasteiger partial charge in [-0.15, -0.1) is 0 Å². The highest BCUT2D eigenvalue weighted by molar-refractivity contribution is 7.89. The van der Waals surface area contributed by atoms with Gasteiger partial charge in [-0.1, -0.05) is 0 Å². The predicted molar refractivity (Wildman–Crippen MR) is 94.4 cm³/mol. The molecule has 0 aromatic heterocycles. The van der Waals surface area contributed by atoms with Crippen molar-refractivity contribution in [3.05, 3.63) is 0 Å². The third kappa shape index (κ3) is 3.39. The summed E-state index contributed by atoms with van der Waals surface area (Å²) < 4.78 is 34.2. The quantitative estimate of drug-likeness (QED) is 0.792. The molecule has 1 N–H and O–H groups in total. The summed E-state index contributed by atoms with van der Waals surface area (Å²) in [4.78, 5) is 2.53. The van der Waals surface area contributed by atoms with Crippen LogP contribution in [0.2, 0.25) is 0 Å². The first kappa shape index (κ1) is 17.3. The van der Waals surface area contributed by atoms with Crippen LogP contribution in [0.25, 0.3) is 0 Å². The van der Waals surface area contributed by atoms with Crippen LogP contribution in [-0.2, 0) is 14.8 Å². The second-order valence-electron chi connectivity index (χ2n) is 8.76. The van der Waals surface area contributed by atoms with Gasteiger partial charge in [-0.2, -0.15) is 0 Å². The lowest BCUT2D eigenvalue weighted by atomic mass is 9.87. The van der Waals surface area contributed by atoms with Crippen molar-refractivity contribution in [2.75, 3.05) is 38.6 Å². The smallest absolute Gasteiger partial charge is 0.212 e. The van der Waals surface area contributed by atoms with Crippen molar-refractivity contribution in [3.8, 4) is 0 Å². The number of ether oxygens (including phenoxy) is 1. The lowest BCUT2D eigenvalue weighted by Gasteiger charge is -2.44. The molecule has 0 radical (unpaired) electrons. The molecule has 4 rings (SSSR count). The monoisotopic (exact) mass is 356 g/mol. The number of hydrogen-bond donors (Lipinski definition) is 1. The van der Waals surface area contributed by atoms with Crippen LogP contribution in [0.5, 0.6) is 0 Å². The molecule has 6 heteroatoms. The van der Waals surface area contributed by atoms with E-state index in [4.69, 9.17) is 4.74 Å². The van der Waals surface area contributed by atoms with Gasteiger partial charge in [0.15, 0.2) is 0 Å². The Morgan fingerprint density at radius 1 is 1.04 bits per heavy atom. The third-order valence-corrected chi connectivity index (χ3v) is 8.78. The van der Waals surface area contributed by atoms with Gasteiger partial charge in [0.1, 0.15) is 0 Å². The van der Waals surface area contributed by atoms with Crippen molar-refractivity contribution in [3.63, 3.8) is 0 Å². The van der Waals surface area contributed by atoms with Gasteiger partial charge in [0.05, 0.1) is 5.75 Å². The summed E-state index contributed by atoms with van der Waals surface area (Å²) in [5.74, 6) is 1.15. The van der Waals surface area contributed by atoms with Crippen LogP contribution in [0.1, 0.15) is 57.8 Å². The van der Waals surface area contributed by atoms with Gasteiger partial charge in [0.25, 0.3) is 0 Å². The number of nitrogens with zero attached hydrogens (tertiary/aromatic N) is 1. The van der Waals surface area contributed by atoms with Gasteiger partial charge >= 0.3 is 0 Å². The Hall–Kier alpha value is -0.170. The molecule has 2 saturated heterocycles. The number of hydrogen-bond acceptors (Lipinski definition) is 4. The van der Waals surface area contributed by atoms with Crippen LogP contribution in [0.15, 0.2) is 0 Å². The second-order valence-corrected chi connectivity index (χ2v) is 10.6. The van der Waals surface area contributed by atoms with E-state index in [9.17, 15) is 8.42 Å². The van der Waals surface area contributed by atoms with Gasteiger partial charge in [-0.3, -0.25) is 4.90 Å². The number of nitrogens with one attached hydrogen (secondary N) is 1. The summed E-state index contributed by atoms with van der Waals surface area (Å²) >= 11 is 0. The van der Waals surface area contributed by atoms with Crippen LogP contribution in [0.3, 0.4) is 0 Å². The van der Waals surface area contributed by atoms with Crippen LogP contribution in [-0.4, -0.2) is 57.5 Å². The van der Waals surface area contributed by atoms with E-state index in [1.54, 1.807) is 0 Å². The average Bonchev–Trinajstić information content (AvgIpc) is 3.30. The van der Waals surface area contributed by atoms with Crippen molar-refractivity contribution in [1.29, 1.82) is 0 Å². The molecule has 4 aliphatic rings. The second kappa shape index (κ2) is 6.53. The molecule has 2 aliphatic heterocycles. The molecule has 24 heavy (non-hydrogen) atoms. The van der Waals surface area contributed by atoms with Crippen molar-refractivity contribution in [2.24, 2.45) is 11.3 Å². The summed E-state index contributed by atoms with van der Waals surface area (Å²) in [6.45, 7) is 4.28. The van der Waals surface area contributed by atoms with Gasteiger partial charge in [-0.25, -0.2) is 13.1 Å². The predicted octanol–water partition coefficient (Wildman–Crippen LogP) is 2.13. The maximum absolute atomic E-state index is 12.8. The van der Waals surface area contributed by atoms with Crippen LogP contribution in [0, 0.1) is 11.3 Å². The van der Waals surface area contributed by atoms with Gasteiger partial charge in [-0.05, 0) is 82.2 Å². The van der Waals surface area contributed by atoms with Crippen molar-refractivity contribution in [1.82, 2.24) is 9.62 Å². The fourth-order valence-corrected chi connectivity index (χ4v) is 7.56. The molecule has 0 atom stereocenters. The molecule has 4 fully saturated rings. The highest BCUT2D eigenvalue weighted by Crippen LogP contribution is 2.54. The van der Waals surface area contributed by atoms with Gasteiger partial charge in [0, 0.05) is 25.3 Å². The van der Waals surface area contributed by atoms with E-state index in [0.717, 1.165) is 64.3 Å². The maximum Gasteiger partial charge on any atom is 0.212 e. The zero-order valence-corrected chi connectivity index (χ0v) is 15.6. The number of sulfonamides is 1. The molecule has 138 valence electrons. The third-order valence-electron chi connectivity index (χ3n) is 7.21. The van der Waals surface area contributed by atoms with E-state index in [0.29, 0.717) is 12.3 Å². The minimum Gasteiger partial charge on any atom is -0.381 e. The van der Waals surface area contributed by atoms with Crippen molar-refractivity contribution >= 4 is 10.0 Å². The Kier molecular flexibility index (Phi) is 4.69. The number of fused-ring (bicyclic) bond motifs is 2. The van der Waals surface area contributed by atoms with E-state index in [-0.39, 0.29) is 11.0 Å². The van der Waals surface area contributed by atoms with E-state index >= 15 is 0 Å². The average molecular weight is 357 g/mol. The number of likely N-dealkylation sites (tertiary alicyclic amines) is 1. The molecule has 0 aromatic rings. The van der Waals surface area contributed by atoms with Gasteiger partial charge in [0.2, 0.25) is 10.0 Å². The lowest BCUT2D eigenvalue weighted by molar-refractivity contribution is -0.0159. The molecule has 0 aromatic carbocycles. The van der Waals surface area contributed by atoms with E-state index in [1.807, 2.05) is 0 Å². The molecule has 0 spiro atoms. The van der Waals surface area contributed by atoms with E-state index in [2.05, 4.69) is 9.62 Å². The zero-order chi connectivity index (χ0) is 16.7. The first-order valence-electron chi connectivity index (χ1n) is 9.81. The highest BCUT2D eigenvalue weighted by Gasteiger charge is 2.48. The molecule has 2 bridgehead atoms. The van der Waals surface area contributed by atoms with Crippen molar-refractivity contribution < 1.29 is 13.2 Å². The van der Waals surface area contributed by atoms with Crippen molar-refractivity contribution in [2.45, 2.75) is 63.3 Å². The molecule has 2 aliphatic carbocycles. The minimum atomic E-state index is -3.19. The molecule has 2 saturated carbocycles. The van der Waals surface area contributed by atoms with E-state index < -0.39 is 10.0 Å². The standard InChI is InChI=1S/C18H32N2O3S/c21-24(22,15-17-5-3-16(13-17)4-6-17)19-14-18(7-11-23-12-8-18)20-9-1-2-10-20/h16,19H,1-15H2. The fraction of sp³-hybridized carbons (Fsp3) is 1.00. The molecular weight excluding hydrogens is 324 g/mol. The Balaban J connectivity index is 1.41. The Morgan fingerprint density at radius 3 is 2.29 bits per heavy atom. The first-order chi connectivity index (χ1) is 11.5. The molecule has 0 unspecified atom stereocenters. The topological polar surface area (TPSA) is 58.6 Å². The van der Waals surface area contributed by atoms with Gasteiger partial charge < -0.3 is 4.74 Å². The van der Waals surface area contributed by atoms with Crippen LogP contribution >= 0.6 is 0 Å². The number of rotatable bonds is 6. The van der Waals surface area contributed by atoms with Crippen LogP contribution < -0.4 is 4.72 Å². The summed E-state index contributed by atoms with van der Waals surface area (Å²) in [7, 11) is -3.19. The Bertz CT molecular complexity index is 543. The highest BCUT2D eigenvalue weighted by atomic mass is 32.2. The normalized spacial score (nSPS) is 36.4. The summed E-state index contributed by atoms with van der Waals surface area (Å²) in [6, 6.07) is 0. The van der Waals surface area contributed by atoms with E-state index in [1.165, 1.54) is 25.7 Å². The summed E-state index contributed by atoms with van der Waals surface area (Å²) in [5, 5.41) is 0. The molecule has 2 heterocycles. The molecule has 5 nitrogen and oxygen atoms in total. The zero-order valence-electron chi connectivity index (χ0n) is 14.8. The maximum atomic E-state index is 12.8. The Labute approximate surface area is 146 Å².